The van der Waals surface area contributed by atoms with Gasteiger partial charge in [0.25, 0.3) is 0 Å². The van der Waals surface area contributed by atoms with E-state index in [1.54, 1.807) is 0 Å². The molecule has 0 aliphatic heterocycles. The summed E-state index contributed by atoms with van der Waals surface area (Å²) in [4.78, 5) is 72.8. The molecule has 0 saturated heterocycles. The average molecular weight is 1410 g/mol. The molecular weight excluding hydrogens is 1260 g/mol. The molecule has 0 aromatic carbocycles. The van der Waals surface area contributed by atoms with Crippen LogP contribution in [0.5, 0.6) is 0 Å². The van der Waals surface area contributed by atoms with Crippen LogP contribution in [0.25, 0.3) is 0 Å². The van der Waals surface area contributed by atoms with E-state index in [0.29, 0.717) is 25.7 Å². The Morgan fingerprint density at radius 2 is 0.479 bits per heavy atom. The zero-order chi connectivity index (χ0) is 70.9. The van der Waals surface area contributed by atoms with Crippen LogP contribution in [-0.2, 0) is 65.4 Å². The first-order valence-corrected chi connectivity index (χ1v) is 42.8. The lowest BCUT2D eigenvalue weighted by molar-refractivity contribution is -0.161. The van der Waals surface area contributed by atoms with Gasteiger partial charge in [-0.3, -0.25) is 37.3 Å². The van der Waals surface area contributed by atoms with Crippen LogP contribution in [0.3, 0.4) is 0 Å². The van der Waals surface area contributed by atoms with Crippen molar-refractivity contribution in [2.24, 2.45) is 17.8 Å². The lowest BCUT2D eigenvalue weighted by Crippen LogP contribution is -2.30. The Kier molecular flexibility index (Phi) is 66.2. The van der Waals surface area contributed by atoms with Gasteiger partial charge in [0.05, 0.1) is 26.4 Å². The van der Waals surface area contributed by atoms with Crippen LogP contribution in [0.4, 0.5) is 0 Å². The number of carbonyl (C=O) groups is 4. The molecule has 0 aromatic rings. The molecule has 0 bridgehead atoms. The van der Waals surface area contributed by atoms with Gasteiger partial charge < -0.3 is 33.8 Å². The van der Waals surface area contributed by atoms with E-state index >= 15 is 0 Å². The zero-order valence-corrected chi connectivity index (χ0v) is 64.6. The molecule has 0 amide bonds. The van der Waals surface area contributed by atoms with Crippen LogP contribution in [0, 0.1) is 17.8 Å². The number of phosphoric ester groups is 2. The normalized spacial score (nSPS) is 14.1. The second kappa shape index (κ2) is 67.5. The molecule has 2 unspecified atom stereocenters. The van der Waals surface area contributed by atoms with E-state index in [2.05, 4.69) is 48.5 Å². The lowest BCUT2D eigenvalue weighted by atomic mass is 10.0. The second-order valence-electron chi connectivity index (χ2n) is 29.2. The average Bonchev–Trinajstić information content (AvgIpc) is 2.38. The third kappa shape index (κ3) is 70.5. The summed E-state index contributed by atoms with van der Waals surface area (Å²) < 4.78 is 68.5. The van der Waals surface area contributed by atoms with Gasteiger partial charge in [-0.2, -0.15) is 0 Å². The van der Waals surface area contributed by atoms with Crippen LogP contribution < -0.4 is 0 Å². The highest BCUT2D eigenvalue weighted by Crippen LogP contribution is 2.45. The number of aliphatic hydroxyl groups excluding tert-OH is 1. The van der Waals surface area contributed by atoms with Gasteiger partial charge in [-0.05, 0) is 43.4 Å². The SMILES string of the molecule is CCCCCCCCCCCCCC(=O)OC[C@H](COP(=O)(O)OC[C@H](O)COP(=O)(O)OC[C@@H](COC(=O)CCCCCCCCCCCC(C)C)OC(=O)CCCCCCCCCCCCCCCCCCCCC(C)C)OC(=O)CCCCCCCCCCCC(C)C. The minimum atomic E-state index is -4.96. The number of rotatable bonds is 75. The molecule has 0 radical (unpaired) electrons. The molecule has 19 heteroatoms. The van der Waals surface area contributed by atoms with Crippen LogP contribution in [0.15, 0.2) is 0 Å². The minimum Gasteiger partial charge on any atom is -0.462 e. The summed E-state index contributed by atoms with van der Waals surface area (Å²) in [5.74, 6) is 0.183. The Morgan fingerprint density at radius 3 is 0.708 bits per heavy atom. The fraction of sp³-hybridized carbons (Fsp3) is 0.948. The summed E-state index contributed by atoms with van der Waals surface area (Å²) in [6, 6.07) is 0. The maximum Gasteiger partial charge on any atom is 0.472 e. The highest BCUT2D eigenvalue weighted by atomic mass is 31.2. The number of esters is 4. The van der Waals surface area contributed by atoms with E-state index in [9.17, 15) is 43.2 Å². The maximum atomic E-state index is 13.1. The van der Waals surface area contributed by atoms with E-state index < -0.39 is 97.5 Å². The third-order valence-corrected chi connectivity index (χ3v) is 19.8. The van der Waals surface area contributed by atoms with Crippen LogP contribution in [0.2, 0.25) is 0 Å². The van der Waals surface area contributed by atoms with Crippen molar-refractivity contribution in [2.45, 2.75) is 414 Å². The summed E-state index contributed by atoms with van der Waals surface area (Å²) in [5, 5.41) is 10.6. The summed E-state index contributed by atoms with van der Waals surface area (Å²) >= 11 is 0. The first-order valence-electron chi connectivity index (χ1n) is 39.8. The van der Waals surface area contributed by atoms with Gasteiger partial charge >= 0.3 is 39.5 Å². The molecule has 96 heavy (non-hydrogen) atoms. The maximum absolute atomic E-state index is 13.1. The quantitative estimate of drug-likeness (QED) is 0.0222. The molecule has 0 saturated carbocycles. The largest absolute Gasteiger partial charge is 0.472 e. The van der Waals surface area contributed by atoms with Crippen molar-refractivity contribution in [1.82, 2.24) is 0 Å². The molecule has 570 valence electrons. The predicted molar refractivity (Wildman–Crippen MR) is 391 cm³/mol. The summed E-state index contributed by atoms with van der Waals surface area (Å²) in [7, 11) is -9.91. The number of unbranched alkanes of at least 4 members (excludes halogenated alkanes) is 43. The Morgan fingerprint density at radius 1 is 0.281 bits per heavy atom. The standard InChI is InChI=1S/C77H150O17P2/c1-8-9-10-11-12-13-22-30-37-44-51-58-74(79)87-64-73(94-77(82)61-54-47-40-33-26-29-36-43-50-57-70(6)7)67-92-96(85,86)90-63-71(78)62-89-95(83,84)91-66-72(65-88-75(80)59-52-45-38-32-25-28-35-42-49-56-69(4)5)93-76(81)60-53-46-39-31-24-21-19-17-15-14-16-18-20-23-27-34-41-48-55-68(2)3/h68-73,78H,8-67H2,1-7H3,(H,83,84)(H,85,86)/t71-,72-,73-/m1/s1. The van der Waals surface area contributed by atoms with Crippen molar-refractivity contribution in [1.29, 1.82) is 0 Å². The minimum absolute atomic E-state index is 0.105. The lowest BCUT2D eigenvalue weighted by Gasteiger charge is -2.21. The van der Waals surface area contributed by atoms with Crippen molar-refractivity contribution in [3.8, 4) is 0 Å². The van der Waals surface area contributed by atoms with Gasteiger partial charge in [-0.1, -0.05) is 344 Å². The number of carbonyl (C=O) groups excluding carboxylic acids is 4. The number of phosphoric acid groups is 2. The van der Waals surface area contributed by atoms with Crippen LogP contribution in [-0.4, -0.2) is 96.7 Å². The van der Waals surface area contributed by atoms with E-state index in [-0.39, 0.29) is 25.7 Å². The molecule has 0 heterocycles. The summed E-state index contributed by atoms with van der Waals surface area (Å²) in [6.45, 7) is 11.9. The number of hydrogen-bond donors (Lipinski definition) is 3. The molecule has 0 rings (SSSR count). The van der Waals surface area contributed by atoms with E-state index in [0.717, 1.165) is 108 Å². The molecular formula is C77H150O17P2. The monoisotopic (exact) mass is 1410 g/mol. The highest BCUT2D eigenvalue weighted by Gasteiger charge is 2.30. The van der Waals surface area contributed by atoms with E-state index in [1.165, 1.54) is 205 Å². The van der Waals surface area contributed by atoms with E-state index in [1.807, 2.05) is 0 Å². The fourth-order valence-corrected chi connectivity index (χ4v) is 13.4. The molecule has 0 fully saturated rings. The van der Waals surface area contributed by atoms with Gasteiger partial charge in [0, 0.05) is 25.7 Å². The van der Waals surface area contributed by atoms with Gasteiger partial charge in [0.2, 0.25) is 0 Å². The van der Waals surface area contributed by atoms with E-state index in [4.69, 9.17) is 37.0 Å². The fourth-order valence-electron chi connectivity index (χ4n) is 11.8. The molecule has 0 aliphatic rings. The van der Waals surface area contributed by atoms with Crippen molar-refractivity contribution in [3.05, 3.63) is 0 Å². The molecule has 17 nitrogen and oxygen atoms in total. The summed E-state index contributed by atoms with van der Waals surface area (Å²) in [6.07, 6.45) is 54.2. The first kappa shape index (κ1) is 94.1. The summed E-state index contributed by atoms with van der Waals surface area (Å²) in [5.41, 5.74) is 0. The van der Waals surface area contributed by atoms with Gasteiger partial charge in [0.15, 0.2) is 12.2 Å². The van der Waals surface area contributed by atoms with Crippen molar-refractivity contribution in [3.63, 3.8) is 0 Å². The highest BCUT2D eigenvalue weighted by molar-refractivity contribution is 7.47. The number of aliphatic hydroxyl groups is 1. The van der Waals surface area contributed by atoms with Crippen LogP contribution >= 0.6 is 15.6 Å². The van der Waals surface area contributed by atoms with Crippen LogP contribution in [0.1, 0.15) is 395 Å². The van der Waals surface area contributed by atoms with Crippen molar-refractivity contribution in [2.75, 3.05) is 39.6 Å². The third-order valence-electron chi connectivity index (χ3n) is 17.9. The Labute approximate surface area is 588 Å². The molecule has 0 aliphatic carbocycles. The number of hydrogen-bond acceptors (Lipinski definition) is 15. The van der Waals surface area contributed by atoms with Crippen molar-refractivity contribution < 1.29 is 80.2 Å². The number of ether oxygens (including phenoxy) is 4. The Balaban J connectivity index is 5.20. The van der Waals surface area contributed by atoms with Gasteiger partial charge in [-0.15, -0.1) is 0 Å². The molecule has 3 N–H and O–H groups in total. The van der Waals surface area contributed by atoms with Gasteiger partial charge in [0.1, 0.15) is 19.3 Å². The van der Waals surface area contributed by atoms with Gasteiger partial charge in [-0.25, -0.2) is 9.13 Å². The second-order valence-corrected chi connectivity index (χ2v) is 32.1. The molecule has 0 aromatic heterocycles. The smallest absolute Gasteiger partial charge is 0.462 e. The first-order chi connectivity index (χ1) is 46.2. The molecule has 5 atom stereocenters. The van der Waals surface area contributed by atoms with Crippen molar-refractivity contribution >= 4 is 39.5 Å². The zero-order valence-electron chi connectivity index (χ0n) is 62.8. The predicted octanol–water partition coefficient (Wildman–Crippen LogP) is 22.6. The Bertz CT molecular complexity index is 1870. The Hall–Kier alpha value is -1.94. The molecule has 0 spiro atoms. The topological polar surface area (TPSA) is 237 Å².